The molecule has 1 fully saturated rings. The minimum Gasteiger partial charge on any atom is -0.341 e. The van der Waals surface area contributed by atoms with Gasteiger partial charge in [0.15, 0.2) is 0 Å². The number of aryl methyl sites for hydroxylation is 1. The Morgan fingerprint density at radius 2 is 2.24 bits per heavy atom. The van der Waals surface area contributed by atoms with Gasteiger partial charge in [-0.15, -0.1) is 22.9 Å². The lowest BCUT2D eigenvalue weighted by Crippen LogP contribution is -2.37. The predicted octanol–water partition coefficient (Wildman–Crippen LogP) is 3.80. The van der Waals surface area contributed by atoms with Gasteiger partial charge < -0.3 is 4.90 Å². The molecule has 94 valence electrons. The van der Waals surface area contributed by atoms with Crippen LogP contribution < -0.4 is 0 Å². The van der Waals surface area contributed by atoms with Crippen LogP contribution in [-0.2, 0) is 0 Å². The number of thiophene rings is 1. The molecule has 17 heavy (non-hydrogen) atoms. The van der Waals surface area contributed by atoms with Gasteiger partial charge in [0.2, 0.25) is 0 Å². The molecule has 0 N–H and O–H groups in total. The Hall–Kier alpha value is -0.250. The number of nitrogens with zero attached hydrogens (tertiary/aromatic N) is 1. The van der Waals surface area contributed by atoms with Crippen LogP contribution in [0.15, 0.2) is 5.38 Å². The van der Waals surface area contributed by atoms with Gasteiger partial charge in [-0.3, -0.25) is 4.79 Å². The highest BCUT2D eigenvalue weighted by Gasteiger charge is 2.30. The Morgan fingerprint density at radius 1 is 1.59 bits per heavy atom. The summed E-state index contributed by atoms with van der Waals surface area (Å²) >= 11 is 13.4. The Balaban J connectivity index is 1.97. The molecule has 1 amide bonds. The van der Waals surface area contributed by atoms with Gasteiger partial charge in [-0.05, 0) is 36.6 Å². The van der Waals surface area contributed by atoms with Crippen LogP contribution in [0.4, 0.5) is 0 Å². The van der Waals surface area contributed by atoms with E-state index in [1.165, 1.54) is 11.3 Å². The van der Waals surface area contributed by atoms with Crippen LogP contribution in [0.3, 0.4) is 0 Å². The minimum absolute atomic E-state index is 0.0196. The van der Waals surface area contributed by atoms with Crippen LogP contribution in [0.2, 0.25) is 5.02 Å². The monoisotopic (exact) mass is 291 g/mol. The first-order chi connectivity index (χ1) is 7.99. The van der Waals surface area contributed by atoms with Crippen LogP contribution in [0.5, 0.6) is 0 Å². The quantitative estimate of drug-likeness (QED) is 0.776. The maximum absolute atomic E-state index is 12.2. The van der Waals surface area contributed by atoms with Crippen molar-refractivity contribution in [3.05, 3.63) is 20.8 Å². The van der Waals surface area contributed by atoms with E-state index in [1.807, 2.05) is 19.4 Å². The standard InChI is InChI=1S/C12H15Cl2NOS/c1-7-6-17-11(10(7)14)12(16)15(2)5-8-3-9(13)4-8/h6,8-9H,3-5H2,1-2H3. The number of amides is 1. The molecule has 0 radical (unpaired) electrons. The van der Waals surface area contributed by atoms with Gasteiger partial charge in [0, 0.05) is 19.0 Å². The van der Waals surface area contributed by atoms with Crippen molar-refractivity contribution in [3.8, 4) is 0 Å². The molecular weight excluding hydrogens is 277 g/mol. The number of carbonyl (C=O) groups is 1. The second kappa shape index (κ2) is 5.17. The van der Waals surface area contributed by atoms with Crippen molar-refractivity contribution >= 4 is 40.4 Å². The van der Waals surface area contributed by atoms with Crippen molar-refractivity contribution in [2.75, 3.05) is 13.6 Å². The molecule has 1 aromatic heterocycles. The highest BCUT2D eigenvalue weighted by Crippen LogP contribution is 2.33. The van der Waals surface area contributed by atoms with Crippen LogP contribution in [-0.4, -0.2) is 29.8 Å². The number of carbonyl (C=O) groups excluding carboxylic acids is 1. The van der Waals surface area contributed by atoms with Gasteiger partial charge in [-0.2, -0.15) is 0 Å². The van der Waals surface area contributed by atoms with E-state index in [9.17, 15) is 4.79 Å². The smallest absolute Gasteiger partial charge is 0.265 e. The SMILES string of the molecule is Cc1csc(C(=O)N(C)CC2CC(Cl)C2)c1Cl. The molecule has 2 rings (SSSR count). The molecule has 0 atom stereocenters. The first-order valence-corrected chi connectivity index (χ1v) is 7.31. The zero-order chi connectivity index (χ0) is 12.6. The van der Waals surface area contributed by atoms with Crippen molar-refractivity contribution in [3.63, 3.8) is 0 Å². The van der Waals surface area contributed by atoms with Crippen LogP contribution >= 0.6 is 34.5 Å². The molecule has 1 heterocycles. The topological polar surface area (TPSA) is 20.3 Å². The summed E-state index contributed by atoms with van der Waals surface area (Å²) in [6.07, 6.45) is 2.02. The molecule has 1 aliphatic rings. The summed E-state index contributed by atoms with van der Waals surface area (Å²) in [4.78, 5) is 14.6. The maximum atomic E-state index is 12.2. The third-order valence-corrected chi connectivity index (χ3v) is 5.19. The largest absolute Gasteiger partial charge is 0.341 e. The average molecular weight is 292 g/mol. The van der Waals surface area contributed by atoms with E-state index >= 15 is 0 Å². The van der Waals surface area contributed by atoms with E-state index in [1.54, 1.807) is 4.90 Å². The Bertz CT molecular complexity index is 426. The normalized spacial score (nSPS) is 23.3. The molecule has 0 spiro atoms. The lowest BCUT2D eigenvalue weighted by Gasteiger charge is -2.34. The van der Waals surface area contributed by atoms with Gasteiger partial charge in [-0.25, -0.2) is 0 Å². The van der Waals surface area contributed by atoms with Crippen molar-refractivity contribution in [2.24, 2.45) is 5.92 Å². The number of hydrogen-bond donors (Lipinski definition) is 0. The highest BCUT2D eigenvalue weighted by molar-refractivity contribution is 7.13. The zero-order valence-corrected chi connectivity index (χ0v) is 12.2. The van der Waals surface area contributed by atoms with Gasteiger partial charge in [0.25, 0.3) is 5.91 Å². The predicted molar refractivity (Wildman–Crippen MR) is 73.4 cm³/mol. The van der Waals surface area contributed by atoms with Crippen molar-refractivity contribution < 1.29 is 4.79 Å². The third kappa shape index (κ3) is 2.78. The number of alkyl halides is 1. The van der Waals surface area contributed by atoms with E-state index in [4.69, 9.17) is 23.2 Å². The van der Waals surface area contributed by atoms with E-state index in [2.05, 4.69) is 0 Å². The molecule has 1 aliphatic carbocycles. The molecule has 1 aromatic rings. The van der Waals surface area contributed by atoms with E-state index < -0.39 is 0 Å². The van der Waals surface area contributed by atoms with Gasteiger partial charge in [0.1, 0.15) is 4.88 Å². The van der Waals surface area contributed by atoms with Crippen LogP contribution in [0.1, 0.15) is 28.1 Å². The van der Waals surface area contributed by atoms with Gasteiger partial charge in [-0.1, -0.05) is 11.6 Å². The molecule has 1 saturated carbocycles. The van der Waals surface area contributed by atoms with Crippen molar-refractivity contribution in [1.82, 2.24) is 4.90 Å². The fourth-order valence-electron chi connectivity index (χ4n) is 2.02. The van der Waals surface area contributed by atoms with E-state index in [0.29, 0.717) is 21.2 Å². The summed E-state index contributed by atoms with van der Waals surface area (Å²) in [7, 11) is 1.83. The third-order valence-electron chi connectivity index (χ3n) is 3.15. The fraction of sp³-hybridized carbons (Fsp3) is 0.583. The van der Waals surface area contributed by atoms with Crippen LogP contribution in [0.25, 0.3) is 0 Å². The summed E-state index contributed by atoms with van der Waals surface area (Å²) in [5.74, 6) is 0.567. The highest BCUT2D eigenvalue weighted by atomic mass is 35.5. The van der Waals surface area contributed by atoms with E-state index in [0.717, 1.165) is 24.9 Å². The Kier molecular flexibility index (Phi) is 4.01. The molecule has 0 aromatic carbocycles. The molecule has 0 bridgehead atoms. The zero-order valence-electron chi connectivity index (χ0n) is 9.87. The maximum Gasteiger partial charge on any atom is 0.265 e. The minimum atomic E-state index is 0.0196. The first-order valence-electron chi connectivity index (χ1n) is 5.62. The summed E-state index contributed by atoms with van der Waals surface area (Å²) in [6.45, 7) is 2.69. The second-order valence-corrected chi connectivity index (χ2v) is 6.56. The van der Waals surface area contributed by atoms with Gasteiger partial charge >= 0.3 is 0 Å². The molecule has 0 aliphatic heterocycles. The second-order valence-electron chi connectivity index (χ2n) is 4.68. The van der Waals surface area contributed by atoms with Crippen molar-refractivity contribution in [1.29, 1.82) is 0 Å². The fourth-order valence-corrected chi connectivity index (χ4v) is 3.79. The molecule has 5 heteroatoms. The van der Waals surface area contributed by atoms with Crippen LogP contribution in [0, 0.1) is 12.8 Å². The molecule has 0 unspecified atom stereocenters. The lowest BCUT2D eigenvalue weighted by molar-refractivity contribution is 0.0752. The number of halogens is 2. The number of hydrogen-bond acceptors (Lipinski definition) is 2. The first kappa shape index (κ1) is 13.2. The Labute approximate surface area is 116 Å². The average Bonchev–Trinajstić information content (AvgIpc) is 2.56. The van der Waals surface area contributed by atoms with Crippen molar-refractivity contribution in [2.45, 2.75) is 25.1 Å². The molecular formula is C12H15Cl2NOS. The lowest BCUT2D eigenvalue weighted by atomic mass is 9.84. The number of rotatable bonds is 3. The Morgan fingerprint density at radius 3 is 2.71 bits per heavy atom. The molecule has 0 saturated heterocycles. The molecule has 2 nitrogen and oxygen atoms in total. The summed E-state index contributed by atoms with van der Waals surface area (Å²) in [5.41, 5.74) is 0.970. The van der Waals surface area contributed by atoms with E-state index in [-0.39, 0.29) is 5.91 Å². The van der Waals surface area contributed by atoms with Gasteiger partial charge in [0.05, 0.1) is 5.02 Å². The summed E-state index contributed by atoms with van der Waals surface area (Å²) in [6, 6.07) is 0. The summed E-state index contributed by atoms with van der Waals surface area (Å²) < 4.78 is 0. The summed E-state index contributed by atoms with van der Waals surface area (Å²) in [5, 5.41) is 2.81.